The Bertz CT molecular complexity index is 2780. The zero-order valence-electron chi connectivity index (χ0n) is 28.4. The molecule has 4 heteroatoms. The molecule has 0 fully saturated rings. The number of fused-ring (bicyclic) bond motifs is 4. The number of benzene rings is 4. The van der Waals surface area contributed by atoms with Gasteiger partial charge in [0.2, 0.25) is 0 Å². The van der Waals surface area contributed by atoms with Crippen molar-refractivity contribution in [2.24, 2.45) is 10.9 Å². The minimum atomic E-state index is 0.402. The fourth-order valence-electron chi connectivity index (χ4n) is 7.43. The smallest absolute Gasteiger partial charge is 0.160 e. The average Bonchev–Trinajstić information content (AvgIpc) is 3.22. The van der Waals surface area contributed by atoms with Crippen molar-refractivity contribution in [3.8, 4) is 33.9 Å². The maximum Gasteiger partial charge on any atom is 0.160 e. The molecule has 4 aliphatic rings. The van der Waals surface area contributed by atoms with E-state index in [9.17, 15) is 0 Å². The molecule has 0 saturated carbocycles. The lowest BCUT2D eigenvalue weighted by Gasteiger charge is -2.21. The lowest BCUT2D eigenvalue weighted by molar-refractivity contribution is 0.782. The zero-order chi connectivity index (χ0) is 34.4. The second-order valence-corrected chi connectivity index (χ2v) is 13.5. The monoisotopic (exact) mass is 664 g/mol. The number of nitrogens with zero attached hydrogens (tertiary/aromatic N) is 4. The van der Waals surface area contributed by atoms with Crippen LogP contribution in [-0.2, 0) is 0 Å². The highest BCUT2D eigenvalue weighted by molar-refractivity contribution is 6.12. The van der Waals surface area contributed by atoms with Gasteiger partial charge in [-0.05, 0) is 89.0 Å². The molecule has 4 aromatic carbocycles. The van der Waals surface area contributed by atoms with Crippen LogP contribution in [0.15, 0.2) is 186 Å². The number of aliphatic imine (C=N–C) groups is 1. The van der Waals surface area contributed by atoms with Crippen molar-refractivity contribution >= 4 is 38.7 Å². The molecule has 2 aromatic heterocycles. The van der Waals surface area contributed by atoms with Crippen LogP contribution in [0, 0.1) is 5.92 Å². The molecule has 0 radical (unpaired) electrons. The van der Waals surface area contributed by atoms with E-state index in [1.807, 2.05) is 24.3 Å². The first kappa shape index (κ1) is 30.1. The van der Waals surface area contributed by atoms with Gasteiger partial charge in [-0.3, -0.25) is 0 Å². The summed E-state index contributed by atoms with van der Waals surface area (Å²) < 4.78 is 0. The third-order valence-corrected chi connectivity index (χ3v) is 10.2. The summed E-state index contributed by atoms with van der Waals surface area (Å²) in [6.45, 7) is 0. The first-order valence-electron chi connectivity index (χ1n) is 17.8. The van der Waals surface area contributed by atoms with Crippen LogP contribution in [0.25, 0.3) is 66.8 Å². The Kier molecular flexibility index (Phi) is 7.26. The lowest BCUT2D eigenvalue weighted by Crippen LogP contribution is -2.07. The SMILES string of the molecule is C1=CC=CC2=NC(c3cc(-c4cc(C5=CCC6C=CC=CC6=C5)nc(-c5ccc6ccccc6c5)n4)cc(-c4ccc5ccccc5n4)c3)=CCC=12. The number of allylic oxidation sites excluding steroid dienone is 12. The number of hydrogen-bond acceptors (Lipinski definition) is 4. The van der Waals surface area contributed by atoms with Crippen molar-refractivity contribution in [2.45, 2.75) is 12.8 Å². The number of aromatic nitrogens is 3. The molecule has 1 atom stereocenters. The molecule has 10 rings (SSSR count). The van der Waals surface area contributed by atoms with Crippen LogP contribution in [0.2, 0.25) is 0 Å². The van der Waals surface area contributed by atoms with Crippen LogP contribution in [0.5, 0.6) is 0 Å². The number of pyridine rings is 1. The molecule has 3 heterocycles. The minimum absolute atomic E-state index is 0.402. The average molecular weight is 665 g/mol. The van der Waals surface area contributed by atoms with Crippen LogP contribution < -0.4 is 0 Å². The van der Waals surface area contributed by atoms with E-state index >= 15 is 0 Å². The van der Waals surface area contributed by atoms with Crippen molar-refractivity contribution in [2.75, 3.05) is 0 Å². The van der Waals surface area contributed by atoms with E-state index in [1.165, 1.54) is 11.0 Å². The van der Waals surface area contributed by atoms with E-state index in [1.54, 1.807) is 0 Å². The van der Waals surface area contributed by atoms with Crippen molar-refractivity contribution in [3.05, 3.63) is 192 Å². The summed E-state index contributed by atoms with van der Waals surface area (Å²) >= 11 is 0. The fourth-order valence-corrected chi connectivity index (χ4v) is 7.43. The van der Waals surface area contributed by atoms with Crippen LogP contribution in [0.4, 0.5) is 0 Å². The number of hydrogen-bond donors (Lipinski definition) is 0. The van der Waals surface area contributed by atoms with Gasteiger partial charge in [-0.25, -0.2) is 19.9 Å². The summed E-state index contributed by atoms with van der Waals surface area (Å²) in [7, 11) is 0. The highest BCUT2D eigenvalue weighted by Crippen LogP contribution is 2.37. The van der Waals surface area contributed by atoms with Gasteiger partial charge in [0, 0.05) is 45.6 Å². The standard InChI is InChI=1S/C48H32N4/c1-3-13-35-25-37(19-17-31(35)9-1)46-30-47(52-48(51-46)38-20-18-32-10-2-4-14-36(32)26-38)41-28-39(44-23-21-33-11-5-7-15-42(33)49-44)27-40(29-41)45-24-22-34-12-6-8-16-43(34)50-45/h1-11,13-16,18-21,23-31H,17,22H2. The van der Waals surface area contributed by atoms with E-state index in [0.717, 1.165) is 91.0 Å². The molecule has 52 heavy (non-hydrogen) atoms. The van der Waals surface area contributed by atoms with Crippen LogP contribution in [0.3, 0.4) is 0 Å². The molecule has 0 amide bonds. The topological polar surface area (TPSA) is 51.0 Å². The molecular weight excluding hydrogens is 633 g/mol. The van der Waals surface area contributed by atoms with Gasteiger partial charge in [-0.2, -0.15) is 0 Å². The molecule has 0 N–H and O–H groups in total. The number of para-hydroxylation sites is 1. The predicted molar refractivity (Wildman–Crippen MR) is 214 cm³/mol. The summed E-state index contributed by atoms with van der Waals surface area (Å²) in [6.07, 6.45) is 23.3. The van der Waals surface area contributed by atoms with Crippen molar-refractivity contribution in [1.29, 1.82) is 0 Å². The maximum absolute atomic E-state index is 5.30. The van der Waals surface area contributed by atoms with E-state index in [4.69, 9.17) is 19.9 Å². The van der Waals surface area contributed by atoms with Gasteiger partial charge in [0.25, 0.3) is 0 Å². The highest BCUT2D eigenvalue weighted by atomic mass is 14.9. The van der Waals surface area contributed by atoms with Gasteiger partial charge >= 0.3 is 0 Å². The Labute approximate surface area is 302 Å². The number of rotatable bonds is 5. The minimum Gasteiger partial charge on any atom is -0.248 e. The van der Waals surface area contributed by atoms with Gasteiger partial charge in [0.15, 0.2) is 5.82 Å². The zero-order valence-corrected chi connectivity index (χ0v) is 28.4. The van der Waals surface area contributed by atoms with Crippen LogP contribution in [0.1, 0.15) is 24.1 Å². The second-order valence-electron chi connectivity index (χ2n) is 13.5. The molecule has 0 saturated heterocycles. The van der Waals surface area contributed by atoms with Crippen molar-refractivity contribution in [3.63, 3.8) is 0 Å². The van der Waals surface area contributed by atoms with Crippen molar-refractivity contribution < 1.29 is 0 Å². The third-order valence-electron chi connectivity index (χ3n) is 10.2. The van der Waals surface area contributed by atoms with Gasteiger partial charge in [-0.15, -0.1) is 5.73 Å². The molecule has 0 spiro atoms. The molecule has 0 bridgehead atoms. The summed E-state index contributed by atoms with van der Waals surface area (Å²) in [4.78, 5) is 20.8. The van der Waals surface area contributed by atoms with Gasteiger partial charge in [0.05, 0.1) is 34.0 Å². The Morgan fingerprint density at radius 3 is 2.35 bits per heavy atom. The van der Waals surface area contributed by atoms with E-state index < -0.39 is 0 Å². The van der Waals surface area contributed by atoms with E-state index in [2.05, 4.69) is 145 Å². The third kappa shape index (κ3) is 5.62. The molecule has 4 nitrogen and oxygen atoms in total. The first-order valence-corrected chi connectivity index (χ1v) is 17.8. The predicted octanol–water partition coefficient (Wildman–Crippen LogP) is 11.5. The molecule has 6 aromatic rings. The molecular formula is C48H32N4. The fraction of sp³-hybridized carbons (Fsp3) is 0.0625. The van der Waals surface area contributed by atoms with E-state index in [-0.39, 0.29) is 0 Å². The summed E-state index contributed by atoms with van der Waals surface area (Å²) in [5, 5.41) is 3.46. The Hall–Kier alpha value is -6.74. The Balaban J connectivity index is 1.17. The molecule has 3 aliphatic carbocycles. The molecule has 244 valence electrons. The maximum atomic E-state index is 5.30. The van der Waals surface area contributed by atoms with Crippen LogP contribution in [-0.4, -0.2) is 20.7 Å². The Morgan fingerprint density at radius 1 is 0.596 bits per heavy atom. The largest absolute Gasteiger partial charge is 0.248 e. The lowest BCUT2D eigenvalue weighted by atomic mass is 9.85. The molecule has 1 unspecified atom stereocenters. The molecule has 1 aliphatic heterocycles. The van der Waals surface area contributed by atoms with E-state index in [0.29, 0.717) is 11.7 Å². The summed E-state index contributed by atoms with van der Waals surface area (Å²) in [6, 6.07) is 36.2. The summed E-state index contributed by atoms with van der Waals surface area (Å²) in [5.74, 6) is 1.10. The highest BCUT2D eigenvalue weighted by Gasteiger charge is 2.20. The van der Waals surface area contributed by atoms with Gasteiger partial charge in [-0.1, -0.05) is 103 Å². The van der Waals surface area contributed by atoms with Crippen molar-refractivity contribution in [1.82, 2.24) is 15.0 Å². The quantitative estimate of drug-likeness (QED) is 0.172. The summed E-state index contributed by atoms with van der Waals surface area (Å²) in [5.41, 5.74) is 16.4. The van der Waals surface area contributed by atoms with Gasteiger partial charge in [0.1, 0.15) is 0 Å². The van der Waals surface area contributed by atoms with Crippen LogP contribution >= 0.6 is 0 Å². The normalized spacial score (nSPS) is 17.2. The van der Waals surface area contributed by atoms with Gasteiger partial charge < -0.3 is 0 Å². The second kappa shape index (κ2) is 12.5. The Morgan fingerprint density at radius 2 is 1.40 bits per heavy atom. The first-order chi connectivity index (χ1) is 25.7.